The first-order chi connectivity index (χ1) is 17.9. The average Bonchev–Trinajstić information content (AvgIpc) is 3.42. The van der Waals surface area contributed by atoms with E-state index in [9.17, 15) is 14.4 Å². The lowest BCUT2D eigenvalue weighted by Gasteiger charge is -2.24. The highest BCUT2D eigenvalue weighted by molar-refractivity contribution is 6.42. The number of carbonyl (C=O) groups is 3. The normalized spacial score (nSPS) is 15.9. The van der Waals surface area contributed by atoms with Gasteiger partial charge in [0.15, 0.2) is 0 Å². The molecule has 0 bridgehead atoms. The summed E-state index contributed by atoms with van der Waals surface area (Å²) >= 11 is 12.3. The van der Waals surface area contributed by atoms with Gasteiger partial charge >= 0.3 is 18.1 Å². The summed E-state index contributed by atoms with van der Waals surface area (Å²) in [5.41, 5.74) is 7.83. The number of nitrogens with zero attached hydrogens (tertiary/aromatic N) is 3. The highest BCUT2D eigenvalue weighted by Crippen LogP contribution is 2.31. The molecule has 1 aromatic heterocycles. The third-order valence-corrected chi connectivity index (χ3v) is 6.67. The van der Waals surface area contributed by atoms with Crippen LogP contribution in [0.25, 0.3) is 11.0 Å². The van der Waals surface area contributed by atoms with Crippen LogP contribution in [0.5, 0.6) is 0 Å². The summed E-state index contributed by atoms with van der Waals surface area (Å²) in [5, 5.41) is 7.12. The van der Waals surface area contributed by atoms with Gasteiger partial charge in [-0.15, -0.1) is 0 Å². The van der Waals surface area contributed by atoms with Crippen LogP contribution in [0.3, 0.4) is 0 Å². The summed E-state index contributed by atoms with van der Waals surface area (Å²) in [4.78, 5) is 40.7. The van der Waals surface area contributed by atoms with E-state index in [0.29, 0.717) is 34.4 Å². The van der Waals surface area contributed by atoms with Crippen LogP contribution < -0.4 is 16.5 Å². The number of hydrogen-bond donors (Lipinski definition) is 3. The van der Waals surface area contributed by atoms with Crippen molar-refractivity contribution >= 4 is 58.5 Å². The Morgan fingerprint density at radius 1 is 1.24 bits per heavy atom. The van der Waals surface area contributed by atoms with Crippen LogP contribution in [0.15, 0.2) is 23.6 Å². The molecule has 0 unspecified atom stereocenters. The lowest BCUT2D eigenvalue weighted by molar-refractivity contribution is -0.154. The number of hydrogen-bond acceptors (Lipinski definition) is 7. The number of fused-ring (bicyclic) bond motifs is 1. The molecule has 0 saturated heterocycles. The molecule has 0 aliphatic heterocycles. The zero-order valence-corrected chi connectivity index (χ0v) is 23.2. The quantitative estimate of drug-likeness (QED) is 0.213. The highest BCUT2D eigenvalue weighted by atomic mass is 35.5. The van der Waals surface area contributed by atoms with Gasteiger partial charge in [0.05, 0.1) is 46.4 Å². The van der Waals surface area contributed by atoms with Crippen LogP contribution in [0, 0.1) is 5.92 Å². The molecule has 2 aromatic rings. The van der Waals surface area contributed by atoms with Gasteiger partial charge in [0.25, 0.3) is 0 Å². The van der Waals surface area contributed by atoms with Crippen molar-refractivity contribution in [1.82, 2.24) is 20.3 Å². The SMILES string of the molecule is CC(C)(C)OC(=O)C[C@@H](/C=N/NC(N)=O)NC(=O)O[C@@H](CC1CCCC1)Cn1cnc2cc(Cl)c(Cl)cc21. The maximum atomic E-state index is 13.0. The lowest BCUT2D eigenvalue weighted by Crippen LogP contribution is -2.42. The van der Waals surface area contributed by atoms with Gasteiger partial charge in [-0.3, -0.25) is 4.79 Å². The Morgan fingerprint density at radius 2 is 1.92 bits per heavy atom. The first kappa shape index (κ1) is 29.5. The van der Waals surface area contributed by atoms with Gasteiger partial charge in [-0.1, -0.05) is 48.9 Å². The predicted octanol–water partition coefficient (Wildman–Crippen LogP) is 4.77. The standard InChI is InChI=1S/C25H34Cl2N6O5/c1-25(2,3)38-22(34)9-16(12-30-32-23(28)35)31-24(36)37-17(8-15-6-4-5-7-15)13-33-14-29-20-10-18(26)19(27)11-21(20)33/h10-12,14-17H,4-9,13H2,1-3H3,(H,31,36)(H3,28,32,35)/b30-12+/t16-,17-/m0/s1. The van der Waals surface area contributed by atoms with E-state index in [1.54, 1.807) is 39.2 Å². The van der Waals surface area contributed by atoms with Crippen LogP contribution in [0.2, 0.25) is 10.0 Å². The Balaban J connectivity index is 1.73. The predicted molar refractivity (Wildman–Crippen MR) is 145 cm³/mol. The summed E-state index contributed by atoms with van der Waals surface area (Å²) in [6, 6.07) is 1.63. The summed E-state index contributed by atoms with van der Waals surface area (Å²) < 4.78 is 13.1. The van der Waals surface area contributed by atoms with Gasteiger partial charge in [-0.25, -0.2) is 20.0 Å². The molecule has 11 nitrogen and oxygen atoms in total. The monoisotopic (exact) mass is 568 g/mol. The van der Waals surface area contributed by atoms with Crippen LogP contribution in [-0.4, -0.2) is 51.6 Å². The zero-order valence-electron chi connectivity index (χ0n) is 21.7. The summed E-state index contributed by atoms with van der Waals surface area (Å²) in [6.07, 6.45) is 6.51. The van der Waals surface area contributed by atoms with Gasteiger partial charge in [0, 0.05) is 6.21 Å². The number of hydrazone groups is 1. The van der Waals surface area contributed by atoms with Gasteiger partial charge < -0.3 is 25.1 Å². The van der Waals surface area contributed by atoms with Gasteiger partial charge in [-0.2, -0.15) is 5.10 Å². The number of nitrogens with one attached hydrogen (secondary N) is 2. The van der Waals surface area contributed by atoms with Crippen molar-refractivity contribution in [3.63, 3.8) is 0 Å². The van der Waals surface area contributed by atoms with Crippen LogP contribution >= 0.6 is 23.2 Å². The average molecular weight is 569 g/mol. The van der Waals surface area contributed by atoms with Gasteiger partial charge in [0.2, 0.25) is 0 Å². The minimum atomic E-state index is -0.911. The topological polar surface area (TPSA) is 150 Å². The fourth-order valence-corrected chi connectivity index (χ4v) is 4.74. The van der Waals surface area contributed by atoms with E-state index in [0.717, 1.165) is 31.2 Å². The number of amides is 3. The third kappa shape index (κ3) is 9.36. The number of nitrogens with two attached hydrogens (primary N) is 1. The molecule has 4 N–H and O–H groups in total. The van der Waals surface area contributed by atoms with Crippen molar-refractivity contribution in [2.24, 2.45) is 16.8 Å². The number of halogens is 2. The molecule has 1 aromatic carbocycles. The Hall–Kier alpha value is -3.05. The van der Waals surface area contributed by atoms with Crippen LogP contribution in [0.1, 0.15) is 59.3 Å². The molecule has 1 saturated carbocycles. The van der Waals surface area contributed by atoms with Crippen molar-refractivity contribution < 1.29 is 23.9 Å². The first-order valence-corrected chi connectivity index (χ1v) is 13.2. The second kappa shape index (κ2) is 13.1. The van der Waals surface area contributed by atoms with E-state index in [1.165, 1.54) is 6.21 Å². The summed E-state index contributed by atoms with van der Waals surface area (Å²) in [7, 11) is 0. The Bertz CT molecular complexity index is 1170. The molecule has 2 atom stereocenters. The van der Waals surface area contributed by atoms with Crippen molar-refractivity contribution in [3.8, 4) is 0 Å². The molecule has 1 heterocycles. The lowest BCUT2D eigenvalue weighted by atomic mass is 10.00. The van der Waals surface area contributed by atoms with E-state index in [2.05, 4.69) is 15.4 Å². The van der Waals surface area contributed by atoms with Crippen molar-refractivity contribution in [2.75, 3.05) is 0 Å². The zero-order chi connectivity index (χ0) is 27.9. The second-order valence-corrected chi connectivity index (χ2v) is 11.2. The molecule has 3 rings (SSSR count). The molecule has 1 aliphatic carbocycles. The second-order valence-electron chi connectivity index (χ2n) is 10.4. The van der Waals surface area contributed by atoms with Crippen LogP contribution in [0.4, 0.5) is 9.59 Å². The van der Waals surface area contributed by atoms with Crippen molar-refractivity contribution in [2.45, 2.75) is 83.6 Å². The molecule has 0 spiro atoms. The smallest absolute Gasteiger partial charge is 0.408 e. The minimum Gasteiger partial charge on any atom is -0.460 e. The van der Waals surface area contributed by atoms with E-state index >= 15 is 0 Å². The van der Waals surface area contributed by atoms with Crippen molar-refractivity contribution in [3.05, 3.63) is 28.5 Å². The molecule has 0 radical (unpaired) electrons. The number of primary amides is 1. The summed E-state index contributed by atoms with van der Waals surface area (Å²) in [6.45, 7) is 5.56. The number of aromatic nitrogens is 2. The van der Waals surface area contributed by atoms with Gasteiger partial charge in [-0.05, 0) is 45.2 Å². The van der Waals surface area contributed by atoms with E-state index in [1.807, 2.05) is 9.99 Å². The third-order valence-electron chi connectivity index (χ3n) is 5.95. The Kier molecular flexibility index (Phi) is 10.2. The minimum absolute atomic E-state index is 0.227. The van der Waals surface area contributed by atoms with E-state index < -0.39 is 35.8 Å². The molecule has 38 heavy (non-hydrogen) atoms. The molecule has 208 valence electrons. The number of carbonyl (C=O) groups excluding carboxylic acids is 3. The Morgan fingerprint density at radius 3 is 2.58 bits per heavy atom. The molecular weight excluding hydrogens is 535 g/mol. The number of rotatable bonds is 10. The van der Waals surface area contributed by atoms with Crippen LogP contribution in [-0.2, 0) is 20.8 Å². The fourth-order valence-electron chi connectivity index (χ4n) is 4.43. The molecular formula is C25H34Cl2N6O5. The molecule has 3 amide bonds. The number of esters is 1. The number of urea groups is 1. The van der Waals surface area contributed by atoms with Crippen molar-refractivity contribution in [1.29, 1.82) is 0 Å². The maximum absolute atomic E-state index is 13.0. The number of benzene rings is 1. The largest absolute Gasteiger partial charge is 0.460 e. The van der Waals surface area contributed by atoms with Gasteiger partial charge in [0.1, 0.15) is 11.7 Å². The number of imidazole rings is 1. The maximum Gasteiger partial charge on any atom is 0.408 e. The Labute approximate surface area is 231 Å². The fraction of sp³-hybridized carbons (Fsp3) is 0.560. The number of alkyl carbamates (subject to hydrolysis) is 1. The van der Waals surface area contributed by atoms with E-state index in [-0.39, 0.29) is 6.42 Å². The molecule has 1 aliphatic rings. The summed E-state index contributed by atoms with van der Waals surface area (Å²) in [5.74, 6) is -0.129. The first-order valence-electron chi connectivity index (χ1n) is 12.5. The highest BCUT2D eigenvalue weighted by Gasteiger charge is 2.26. The molecule has 13 heteroatoms. The number of ether oxygens (including phenoxy) is 2. The molecule has 1 fully saturated rings. The van der Waals surface area contributed by atoms with E-state index in [4.69, 9.17) is 38.4 Å².